The number of aromatic nitrogens is 6. The van der Waals surface area contributed by atoms with Crippen molar-refractivity contribution in [2.75, 3.05) is 39.3 Å². The van der Waals surface area contributed by atoms with Crippen molar-refractivity contribution in [2.24, 2.45) is 0 Å². The number of halogens is 1. The normalized spacial score (nSPS) is 17.3. The lowest BCUT2D eigenvalue weighted by molar-refractivity contribution is 0.154. The lowest BCUT2D eigenvalue weighted by atomic mass is 10.1. The van der Waals surface area contributed by atoms with Crippen molar-refractivity contribution in [2.45, 2.75) is 23.5 Å². The SMILES string of the molecule is COc1cccc(-c2nnc(CS(=O)(=O)[C@H]3C[C@H](O)CN(c4ncc(F)cn4)C3)n2-c2c(OC)cccc2OC)n1. The van der Waals surface area contributed by atoms with Gasteiger partial charge in [0.15, 0.2) is 27.3 Å². The summed E-state index contributed by atoms with van der Waals surface area (Å²) >= 11 is 0. The first-order chi connectivity index (χ1) is 19.7. The van der Waals surface area contributed by atoms with Crippen LogP contribution in [0.3, 0.4) is 0 Å². The van der Waals surface area contributed by atoms with Crippen molar-refractivity contribution < 1.29 is 32.1 Å². The third-order valence-electron chi connectivity index (χ3n) is 6.64. The Kier molecular flexibility index (Phi) is 7.99. The van der Waals surface area contributed by atoms with Gasteiger partial charge in [-0.25, -0.2) is 27.8 Å². The van der Waals surface area contributed by atoms with E-state index in [9.17, 15) is 17.9 Å². The van der Waals surface area contributed by atoms with Crippen LogP contribution >= 0.6 is 0 Å². The zero-order chi connectivity index (χ0) is 29.1. The molecule has 0 unspecified atom stereocenters. The van der Waals surface area contributed by atoms with E-state index in [1.165, 1.54) is 30.8 Å². The number of aliphatic hydroxyl groups is 1. The minimum absolute atomic E-state index is 0.00143. The third-order valence-corrected chi connectivity index (χ3v) is 8.65. The highest BCUT2D eigenvalue weighted by Crippen LogP contribution is 2.37. The average Bonchev–Trinajstić information content (AvgIpc) is 3.38. The Labute approximate surface area is 235 Å². The van der Waals surface area contributed by atoms with E-state index in [0.29, 0.717) is 28.8 Å². The highest BCUT2D eigenvalue weighted by Gasteiger charge is 2.37. The van der Waals surface area contributed by atoms with Gasteiger partial charge in [0.1, 0.15) is 28.6 Å². The Bertz CT molecular complexity index is 1610. The number of benzene rings is 1. The van der Waals surface area contributed by atoms with Gasteiger partial charge in [-0.15, -0.1) is 10.2 Å². The summed E-state index contributed by atoms with van der Waals surface area (Å²) < 4.78 is 59.1. The lowest BCUT2D eigenvalue weighted by Gasteiger charge is -2.35. The molecule has 1 saturated heterocycles. The largest absolute Gasteiger partial charge is 0.494 e. The summed E-state index contributed by atoms with van der Waals surface area (Å²) in [4.78, 5) is 13.9. The van der Waals surface area contributed by atoms with Gasteiger partial charge in [0.2, 0.25) is 11.8 Å². The Morgan fingerprint density at radius 1 is 0.976 bits per heavy atom. The third kappa shape index (κ3) is 5.76. The van der Waals surface area contributed by atoms with Crippen LogP contribution in [0, 0.1) is 5.82 Å². The molecule has 41 heavy (non-hydrogen) atoms. The van der Waals surface area contributed by atoms with Crippen LogP contribution in [0.1, 0.15) is 12.2 Å². The monoisotopic (exact) mass is 585 g/mol. The van der Waals surface area contributed by atoms with Crippen molar-refractivity contribution in [1.82, 2.24) is 29.7 Å². The van der Waals surface area contributed by atoms with Crippen molar-refractivity contribution in [1.29, 1.82) is 0 Å². The number of para-hydroxylation sites is 1. The second kappa shape index (κ2) is 11.6. The van der Waals surface area contributed by atoms with Crippen molar-refractivity contribution in [3.8, 4) is 34.6 Å². The van der Waals surface area contributed by atoms with Crippen LogP contribution in [0.15, 0.2) is 48.8 Å². The summed E-state index contributed by atoms with van der Waals surface area (Å²) in [6, 6.07) is 10.2. The summed E-state index contributed by atoms with van der Waals surface area (Å²) in [7, 11) is 0.500. The number of ether oxygens (including phenoxy) is 3. The minimum atomic E-state index is -3.95. The van der Waals surface area contributed by atoms with E-state index in [4.69, 9.17) is 14.2 Å². The molecule has 2 atom stereocenters. The zero-order valence-electron chi connectivity index (χ0n) is 22.5. The number of anilines is 1. The Morgan fingerprint density at radius 3 is 2.32 bits per heavy atom. The van der Waals surface area contributed by atoms with Crippen LogP contribution in [0.25, 0.3) is 17.2 Å². The molecule has 3 aromatic heterocycles. The second-order valence-corrected chi connectivity index (χ2v) is 11.6. The summed E-state index contributed by atoms with van der Waals surface area (Å²) in [5.41, 5.74) is 0.763. The zero-order valence-corrected chi connectivity index (χ0v) is 23.3. The number of methoxy groups -OCH3 is 3. The molecular formula is C26H28FN7O6S. The number of aliphatic hydroxyl groups excluding tert-OH is 1. The number of sulfone groups is 1. The number of hydrogen-bond acceptors (Lipinski definition) is 12. The number of piperidine rings is 1. The van der Waals surface area contributed by atoms with Gasteiger partial charge in [-0.2, -0.15) is 0 Å². The van der Waals surface area contributed by atoms with Gasteiger partial charge in [0.25, 0.3) is 0 Å². The van der Waals surface area contributed by atoms with E-state index in [1.807, 2.05) is 0 Å². The molecular weight excluding hydrogens is 557 g/mol. The van der Waals surface area contributed by atoms with E-state index in [-0.39, 0.29) is 37.1 Å². The first kappa shape index (κ1) is 28.2. The highest BCUT2D eigenvalue weighted by atomic mass is 32.2. The summed E-state index contributed by atoms with van der Waals surface area (Å²) in [6.45, 7) is 0.110. The van der Waals surface area contributed by atoms with Crippen molar-refractivity contribution in [3.63, 3.8) is 0 Å². The molecule has 1 aromatic carbocycles. The van der Waals surface area contributed by atoms with Crippen LogP contribution in [0.4, 0.5) is 10.3 Å². The Balaban J connectivity index is 1.57. The van der Waals surface area contributed by atoms with Crippen molar-refractivity contribution >= 4 is 15.8 Å². The molecule has 0 saturated carbocycles. The summed E-state index contributed by atoms with van der Waals surface area (Å²) in [5.74, 6) is 0.401. The molecule has 1 fully saturated rings. The van der Waals surface area contributed by atoms with Gasteiger partial charge in [-0.05, 0) is 24.6 Å². The molecule has 0 amide bonds. The number of pyridine rings is 1. The molecule has 4 heterocycles. The summed E-state index contributed by atoms with van der Waals surface area (Å²) in [5, 5.41) is 18.1. The van der Waals surface area contributed by atoms with Crippen LogP contribution < -0.4 is 19.1 Å². The Hall–Kier alpha value is -4.37. The number of hydrogen-bond donors (Lipinski definition) is 1. The first-order valence-electron chi connectivity index (χ1n) is 12.5. The molecule has 1 N–H and O–H groups in total. The highest BCUT2D eigenvalue weighted by molar-refractivity contribution is 7.91. The van der Waals surface area contributed by atoms with Gasteiger partial charge in [-0.3, -0.25) is 4.57 Å². The average molecular weight is 586 g/mol. The van der Waals surface area contributed by atoms with Crippen LogP contribution in [0.2, 0.25) is 0 Å². The lowest BCUT2D eigenvalue weighted by Crippen LogP contribution is -2.49. The van der Waals surface area contributed by atoms with Crippen LogP contribution in [-0.2, 0) is 15.6 Å². The van der Waals surface area contributed by atoms with Crippen LogP contribution in [-0.4, -0.2) is 89.0 Å². The molecule has 0 spiro atoms. The predicted molar refractivity (Wildman–Crippen MR) is 145 cm³/mol. The topological polar surface area (TPSA) is 155 Å². The van der Waals surface area contributed by atoms with Crippen LogP contribution in [0.5, 0.6) is 17.4 Å². The molecule has 0 aliphatic carbocycles. The molecule has 1 aliphatic heterocycles. The van der Waals surface area contributed by atoms with Gasteiger partial charge in [-0.1, -0.05) is 12.1 Å². The maximum Gasteiger partial charge on any atom is 0.225 e. The van der Waals surface area contributed by atoms with Crippen molar-refractivity contribution in [3.05, 3.63) is 60.4 Å². The summed E-state index contributed by atoms with van der Waals surface area (Å²) in [6.07, 6.45) is 1.01. The van der Waals surface area contributed by atoms with E-state index >= 15 is 0 Å². The fraction of sp³-hybridized carbons (Fsp3) is 0.346. The molecule has 216 valence electrons. The maximum absolute atomic E-state index is 13.9. The Morgan fingerprint density at radius 2 is 1.66 bits per heavy atom. The predicted octanol–water partition coefficient (Wildman–Crippen LogP) is 1.84. The first-order valence-corrected chi connectivity index (χ1v) is 14.2. The number of rotatable bonds is 9. The smallest absolute Gasteiger partial charge is 0.225 e. The van der Waals surface area contributed by atoms with E-state index in [0.717, 1.165) is 12.4 Å². The standard InChI is InChI=1S/C26H28FN7O6S/c1-38-20-7-5-8-21(39-2)24(20)34-22(31-32-25(34)19-6-4-9-23(30-19)40-3)15-41(36,37)18-10-17(35)13-33(14-18)26-28-11-16(27)12-29-26/h4-9,11-12,17-18,35H,10,13-15H2,1-3H3/t17-,18-/m0/s1. The van der Waals surface area contributed by atoms with E-state index < -0.39 is 32.8 Å². The molecule has 4 aromatic rings. The van der Waals surface area contributed by atoms with Gasteiger partial charge >= 0.3 is 0 Å². The molecule has 0 radical (unpaired) electrons. The second-order valence-electron chi connectivity index (χ2n) is 9.28. The quantitative estimate of drug-likeness (QED) is 0.305. The maximum atomic E-state index is 13.9. The molecule has 13 nitrogen and oxygen atoms in total. The fourth-order valence-corrected chi connectivity index (χ4v) is 6.44. The fourth-order valence-electron chi connectivity index (χ4n) is 4.73. The molecule has 5 rings (SSSR count). The van der Waals surface area contributed by atoms with Gasteiger partial charge in [0, 0.05) is 19.2 Å². The molecule has 15 heteroatoms. The van der Waals surface area contributed by atoms with Gasteiger partial charge < -0.3 is 24.2 Å². The number of nitrogens with zero attached hydrogens (tertiary/aromatic N) is 7. The molecule has 0 bridgehead atoms. The minimum Gasteiger partial charge on any atom is -0.494 e. The van der Waals surface area contributed by atoms with Gasteiger partial charge in [0.05, 0.1) is 45.1 Å². The number of β-amino-alcohol motifs (C(OH)–C–C–N with tert-alkyl or cyclic N) is 1. The van der Waals surface area contributed by atoms with E-state index in [1.54, 1.807) is 36.4 Å². The molecule has 1 aliphatic rings. The van der Waals surface area contributed by atoms with E-state index in [2.05, 4.69) is 25.1 Å².